The molecule has 3 rings (SSSR count). The van der Waals surface area contributed by atoms with E-state index in [1.165, 1.54) is 12.8 Å². The number of anilines is 1. The summed E-state index contributed by atoms with van der Waals surface area (Å²) in [5, 5.41) is 1.12. The minimum Gasteiger partial charge on any atom is -0.356 e. The second-order valence-electron chi connectivity index (χ2n) is 5.83. The number of aromatic nitrogens is 2. The van der Waals surface area contributed by atoms with Crippen LogP contribution in [0.2, 0.25) is 0 Å². The zero-order valence-electron chi connectivity index (χ0n) is 14.2. The molecular formula is C20H22BrN3. The Bertz CT molecular complexity index is 832. The lowest BCUT2D eigenvalue weighted by Gasteiger charge is -2.23. The van der Waals surface area contributed by atoms with Gasteiger partial charge in [0.2, 0.25) is 0 Å². The van der Waals surface area contributed by atoms with Crippen LogP contribution in [0, 0.1) is 0 Å². The fourth-order valence-corrected chi connectivity index (χ4v) is 3.22. The Morgan fingerprint density at radius 3 is 2.58 bits per heavy atom. The van der Waals surface area contributed by atoms with Crippen LogP contribution in [0.5, 0.6) is 0 Å². The first-order chi connectivity index (χ1) is 11.7. The highest BCUT2D eigenvalue weighted by Crippen LogP contribution is 2.28. The minimum atomic E-state index is 0.778. The maximum atomic E-state index is 4.93. The smallest absolute Gasteiger partial charge is 0.162 e. The summed E-state index contributed by atoms with van der Waals surface area (Å²) in [7, 11) is 0. The summed E-state index contributed by atoms with van der Waals surface area (Å²) in [6.07, 6.45) is 2.34. The van der Waals surface area contributed by atoms with Crippen molar-refractivity contribution in [2.75, 3.05) is 18.0 Å². The third-order valence-corrected chi connectivity index (χ3v) is 4.62. The predicted molar refractivity (Wildman–Crippen MR) is 105 cm³/mol. The molecular weight excluding hydrogens is 362 g/mol. The quantitative estimate of drug-likeness (QED) is 0.547. The molecule has 3 aromatic rings. The van der Waals surface area contributed by atoms with Gasteiger partial charge >= 0.3 is 0 Å². The normalized spacial score (nSPS) is 11.0. The van der Waals surface area contributed by atoms with Gasteiger partial charge in [0.1, 0.15) is 5.82 Å². The van der Waals surface area contributed by atoms with E-state index in [1.54, 1.807) is 0 Å². The second-order valence-corrected chi connectivity index (χ2v) is 6.75. The van der Waals surface area contributed by atoms with Crippen LogP contribution in [0.3, 0.4) is 0 Å². The number of unbranched alkanes of at least 4 members (excludes halogenated alkanes) is 1. The summed E-state index contributed by atoms with van der Waals surface area (Å²) in [6, 6.07) is 16.4. The molecule has 0 amide bonds. The molecule has 0 aliphatic carbocycles. The van der Waals surface area contributed by atoms with Crippen LogP contribution in [0.15, 0.2) is 53.0 Å². The fraction of sp³-hybridized carbons (Fsp3) is 0.300. The van der Waals surface area contributed by atoms with Gasteiger partial charge in [-0.2, -0.15) is 0 Å². The van der Waals surface area contributed by atoms with Gasteiger partial charge in [-0.3, -0.25) is 0 Å². The van der Waals surface area contributed by atoms with Crippen LogP contribution in [-0.4, -0.2) is 23.1 Å². The van der Waals surface area contributed by atoms with Crippen LogP contribution in [0.4, 0.5) is 5.82 Å². The highest BCUT2D eigenvalue weighted by Gasteiger charge is 2.14. The van der Waals surface area contributed by atoms with Crippen molar-refractivity contribution in [3.63, 3.8) is 0 Å². The van der Waals surface area contributed by atoms with E-state index < -0.39 is 0 Å². The molecule has 2 aromatic carbocycles. The molecule has 4 heteroatoms. The maximum absolute atomic E-state index is 4.93. The number of hydrogen-bond donors (Lipinski definition) is 0. The molecule has 24 heavy (non-hydrogen) atoms. The average molecular weight is 384 g/mol. The van der Waals surface area contributed by atoms with Crippen molar-refractivity contribution in [3.8, 4) is 11.4 Å². The number of nitrogens with zero attached hydrogens (tertiary/aromatic N) is 3. The van der Waals surface area contributed by atoms with E-state index >= 15 is 0 Å². The van der Waals surface area contributed by atoms with Crippen molar-refractivity contribution < 1.29 is 0 Å². The van der Waals surface area contributed by atoms with Crippen LogP contribution in [0.25, 0.3) is 22.3 Å². The molecule has 0 unspecified atom stereocenters. The van der Waals surface area contributed by atoms with E-state index in [0.29, 0.717) is 0 Å². The monoisotopic (exact) mass is 383 g/mol. The van der Waals surface area contributed by atoms with E-state index in [2.05, 4.69) is 65.0 Å². The zero-order valence-corrected chi connectivity index (χ0v) is 15.8. The molecule has 0 atom stereocenters. The van der Waals surface area contributed by atoms with Crippen LogP contribution >= 0.6 is 15.9 Å². The summed E-state index contributed by atoms with van der Waals surface area (Å²) in [6.45, 7) is 6.37. The number of para-hydroxylation sites is 1. The molecule has 0 fully saturated rings. The van der Waals surface area contributed by atoms with E-state index in [1.807, 2.05) is 18.2 Å². The van der Waals surface area contributed by atoms with Gasteiger partial charge in [0.05, 0.1) is 5.52 Å². The molecule has 0 saturated heterocycles. The first-order valence-electron chi connectivity index (χ1n) is 8.50. The van der Waals surface area contributed by atoms with E-state index in [4.69, 9.17) is 9.97 Å². The molecule has 0 aliphatic rings. The van der Waals surface area contributed by atoms with E-state index in [-0.39, 0.29) is 0 Å². The third kappa shape index (κ3) is 3.59. The number of fused-ring (bicyclic) bond motifs is 1. The van der Waals surface area contributed by atoms with Crippen LogP contribution in [0.1, 0.15) is 26.7 Å². The Labute approximate surface area is 151 Å². The molecule has 3 nitrogen and oxygen atoms in total. The molecule has 0 saturated carbocycles. The van der Waals surface area contributed by atoms with Gasteiger partial charge in [-0.1, -0.05) is 53.5 Å². The number of benzene rings is 2. The maximum Gasteiger partial charge on any atom is 0.162 e. The minimum absolute atomic E-state index is 0.778. The molecule has 1 aromatic heterocycles. The second kappa shape index (κ2) is 7.75. The van der Waals surface area contributed by atoms with Crippen molar-refractivity contribution in [2.24, 2.45) is 0 Å². The molecule has 1 heterocycles. The summed E-state index contributed by atoms with van der Waals surface area (Å²) in [5.74, 6) is 1.81. The SMILES string of the molecule is CCCCN(CC)c1nc(-c2cccc(Br)c2)nc2ccccc12. The lowest BCUT2D eigenvalue weighted by atomic mass is 10.1. The molecule has 0 radical (unpaired) electrons. The first kappa shape index (κ1) is 16.9. The lowest BCUT2D eigenvalue weighted by molar-refractivity contribution is 0.726. The van der Waals surface area contributed by atoms with Crippen molar-refractivity contribution in [1.29, 1.82) is 0 Å². The van der Waals surface area contributed by atoms with Crippen molar-refractivity contribution in [2.45, 2.75) is 26.7 Å². The van der Waals surface area contributed by atoms with Gasteiger partial charge in [0, 0.05) is 28.5 Å². The Balaban J connectivity index is 2.15. The van der Waals surface area contributed by atoms with Crippen molar-refractivity contribution in [1.82, 2.24) is 9.97 Å². The highest BCUT2D eigenvalue weighted by atomic mass is 79.9. The molecule has 0 bridgehead atoms. The van der Waals surface area contributed by atoms with Crippen LogP contribution < -0.4 is 4.90 Å². The predicted octanol–water partition coefficient (Wildman–Crippen LogP) is 5.69. The lowest BCUT2D eigenvalue weighted by Crippen LogP contribution is -2.25. The Hall–Kier alpha value is -1.94. The van der Waals surface area contributed by atoms with Gasteiger partial charge in [-0.25, -0.2) is 9.97 Å². The number of hydrogen-bond acceptors (Lipinski definition) is 3. The average Bonchev–Trinajstić information content (AvgIpc) is 2.62. The topological polar surface area (TPSA) is 29.0 Å². The van der Waals surface area contributed by atoms with Gasteiger partial charge < -0.3 is 4.90 Å². The summed E-state index contributed by atoms with van der Waals surface area (Å²) in [5.41, 5.74) is 2.02. The highest BCUT2D eigenvalue weighted by molar-refractivity contribution is 9.10. The molecule has 124 valence electrons. The van der Waals surface area contributed by atoms with E-state index in [0.717, 1.165) is 45.7 Å². The summed E-state index contributed by atoms with van der Waals surface area (Å²) < 4.78 is 1.04. The third-order valence-electron chi connectivity index (χ3n) is 4.13. The number of rotatable bonds is 6. The molecule has 0 N–H and O–H groups in total. The van der Waals surface area contributed by atoms with Gasteiger partial charge in [-0.15, -0.1) is 0 Å². The van der Waals surface area contributed by atoms with Gasteiger partial charge in [0.25, 0.3) is 0 Å². The summed E-state index contributed by atoms with van der Waals surface area (Å²) >= 11 is 3.54. The molecule has 0 spiro atoms. The summed E-state index contributed by atoms with van der Waals surface area (Å²) in [4.78, 5) is 12.1. The van der Waals surface area contributed by atoms with Gasteiger partial charge in [0.15, 0.2) is 5.82 Å². The first-order valence-corrected chi connectivity index (χ1v) is 9.30. The molecule has 0 aliphatic heterocycles. The Morgan fingerprint density at radius 1 is 1.00 bits per heavy atom. The largest absolute Gasteiger partial charge is 0.356 e. The Morgan fingerprint density at radius 2 is 1.83 bits per heavy atom. The van der Waals surface area contributed by atoms with Gasteiger partial charge in [-0.05, 0) is 37.6 Å². The van der Waals surface area contributed by atoms with Crippen LogP contribution in [-0.2, 0) is 0 Å². The zero-order chi connectivity index (χ0) is 16.9. The van der Waals surface area contributed by atoms with Crippen molar-refractivity contribution >= 4 is 32.7 Å². The Kier molecular flexibility index (Phi) is 5.46. The van der Waals surface area contributed by atoms with E-state index in [9.17, 15) is 0 Å². The number of halogens is 1. The standard InChI is InChI=1S/C20H22BrN3/c1-3-5-13-24(4-2)20-17-11-6-7-12-18(17)22-19(23-20)15-9-8-10-16(21)14-15/h6-12,14H,3-5,13H2,1-2H3. The fourth-order valence-electron chi connectivity index (χ4n) is 2.82. The van der Waals surface area contributed by atoms with Crippen molar-refractivity contribution in [3.05, 3.63) is 53.0 Å².